The minimum atomic E-state index is -1.27. The molecule has 4 atom stereocenters. The van der Waals surface area contributed by atoms with Gasteiger partial charge in [0.25, 0.3) is 0 Å². The van der Waals surface area contributed by atoms with Crippen molar-refractivity contribution < 1.29 is 33.7 Å². The SMILES string of the molecule is CCC(OC(C)=O)C(C)(OC)C(OC(C)=O)C(C)C(=O)O. The molecule has 21 heavy (non-hydrogen) atoms. The molecule has 0 heterocycles. The largest absolute Gasteiger partial charge is 0.481 e. The van der Waals surface area contributed by atoms with Crippen molar-refractivity contribution in [2.24, 2.45) is 5.92 Å². The maximum absolute atomic E-state index is 11.3. The molecule has 0 aliphatic rings. The molecule has 0 fully saturated rings. The maximum atomic E-state index is 11.3. The van der Waals surface area contributed by atoms with Crippen molar-refractivity contribution in [2.45, 2.75) is 58.8 Å². The number of methoxy groups -OCH3 is 1. The molecule has 0 aromatic carbocycles. The van der Waals surface area contributed by atoms with Gasteiger partial charge in [-0.05, 0) is 20.3 Å². The smallest absolute Gasteiger partial charge is 0.310 e. The fraction of sp³-hybridized carbons (Fsp3) is 0.786. The summed E-state index contributed by atoms with van der Waals surface area (Å²) in [5, 5.41) is 9.21. The van der Waals surface area contributed by atoms with Gasteiger partial charge in [-0.25, -0.2) is 0 Å². The molecule has 0 saturated heterocycles. The molecule has 4 unspecified atom stereocenters. The van der Waals surface area contributed by atoms with Crippen molar-refractivity contribution in [2.75, 3.05) is 7.11 Å². The van der Waals surface area contributed by atoms with Crippen LogP contribution in [0.5, 0.6) is 0 Å². The zero-order chi connectivity index (χ0) is 16.8. The van der Waals surface area contributed by atoms with Crippen LogP contribution in [0, 0.1) is 5.92 Å². The van der Waals surface area contributed by atoms with Crippen molar-refractivity contribution in [3.8, 4) is 0 Å². The van der Waals surface area contributed by atoms with Crippen molar-refractivity contribution in [3.05, 3.63) is 0 Å². The second-order valence-corrected chi connectivity index (χ2v) is 5.05. The highest BCUT2D eigenvalue weighted by Gasteiger charge is 2.49. The molecule has 7 nitrogen and oxygen atoms in total. The zero-order valence-corrected chi connectivity index (χ0v) is 13.3. The average Bonchev–Trinajstić information content (AvgIpc) is 2.39. The van der Waals surface area contributed by atoms with Crippen LogP contribution in [0.15, 0.2) is 0 Å². The topological polar surface area (TPSA) is 99.1 Å². The van der Waals surface area contributed by atoms with E-state index in [-0.39, 0.29) is 0 Å². The molecule has 0 amide bonds. The van der Waals surface area contributed by atoms with Gasteiger partial charge in [-0.15, -0.1) is 0 Å². The highest BCUT2D eigenvalue weighted by atomic mass is 16.6. The summed E-state index contributed by atoms with van der Waals surface area (Å²) < 4.78 is 15.8. The molecule has 0 aliphatic carbocycles. The molecule has 0 bridgehead atoms. The summed E-state index contributed by atoms with van der Waals surface area (Å²) in [5.41, 5.74) is -1.27. The molecular weight excluding hydrogens is 280 g/mol. The summed E-state index contributed by atoms with van der Waals surface area (Å²) in [4.78, 5) is 33.8. The number of rotatable bonds is 8. The van der Waals surface area contributed by atoms with E-state index in [0.29, 0.717) is 6.42 Å². The summed E-state index contributed by atoms with van der Waals surface area (Å²) in [5.74, 6) is -3.31. The number of carboxylic acid groups (broad SMARTS) is 1. The molecule has 122 valence electrons. The summed E-state index contributed by atoms with van der Waals surface area (Å²) >= 11 is 0. The average molecular weight is 304 g/mol. The Morgan fingerprint density at radius 3 is 1.90 bits per heavy atom. The van der Waals surface area contributed by atoms with Crippen molar-refractivity contribution >= 4 is 17.9 Å². The van der Waals surface area contributed by atoms with E-state index in [2.05, 4.69) is 0 Å². The third-order valence-electron chi connectivity index (χ3n) is 3.46. The second kappa shape index (κ2) is 7.97. The van der Waals surface area contributed by atoms with Gasteiger partial charge in [0.05, 0.1) is 5.92 Å². The van der Waals surface area contributed by atoms with E-state index >= 15 is 0 Å². The Balaban J connectivity index is 5.66. The summed E-state index contributed by atoms with van der Waals surface area (Å²) in [6, 6.07) is 0. The second-order valence-electron chi connectivity index (χ2n) is 5.05. The molecule has 0 aromatic heterocycles. The minimum absolute atomic E-state index is 0.383. The van der Waals surface area contributed by atoms with Gasteiger partial charge in [0.2, 0.25) is 0 Å². The third kappa shape index (κ3) is 5.00. The first-order valence-electron chi connectivity index (χ1n) is 6.72. The number of esters is 2. The monoisotopic (exact) mass is 304 g/mol. The van der Waals surface area contributed by atoms with E-state index in [0.717, 1.165) is 0 Å². The Hall–Kier alpha value is -1.63. The predicted molar refractivity (Wildman–Crippen MR) is 73.6 cm³/mol. The number of hydrogen-bond donors (Lipinski definition) is 1. The minimum Gasteiger partial charge on any atom is -0.481 e. The van der Waals surface area contributed by atoms with Crippen LogP contribution >= 0.6 is 0 Å². The van der Waals surface area contributed by atoms with E-state index in [1.54, 1.807) is 13.8 Å². The van der Waals surface area contributed by atoms with Crippen LogP contribution in [-0.4, -0.2) is 47.9 Å². The lowest BCUT2D eigenvalue weighted by Crippen LogP contribution is -2.57. The molecule has 0 radical (unpaired) electrons. The third-order valence-corrected chi connectivity index (χ3v) is 3.46. The summed E-state index contributed by atoms with van der Waals surface area (Å²) in [6.45, 7) is 7.18. The number of hydrogen-bond acceptors (Lipinski definition) is 6. The Labute approximate surface area is 124 Å². The van der Waals surface area contributed by atoms with E-state index in [4.69, 9.17) is 14.2 Å². The number of aliphatic carboxylic acids is 1. The number of ether oxygens (including phenoxy) is 3. The maximum Gasteiger partial charge on any atom is 0.310 e. The van der Waals surface area contributed by atoms with E-state index in [1.165, 1.54) is 27.9 Å². The molecule has 0 aliphatic heterocycles. The van der Waals surface area contributed by atoms with Crippen molar-refractivity contribution in [1.82, 2.24) is 0 Å². The Bertz CT molecular complexity index is 393. The lowest BCUT2D eigenvalue weighted by molar-refractivity contribution is -0.208. The lowest BCUT2D eigenvalue weighted by atomic mass is 9.83. The number of carboxylic acids is 1. The van der Waals surface area contributed by atoms with Crippen molar-refractivity contribution in [1.29, 1.82) is 0 Å². The molecular formula is C14H24O7. The Morgan fingerprint density at radius 2 is 1.62 bits per heavy atom. The molecule has 7 heteroatoms. The van der Waals surface area contributed by atoms with Gasteiger partial charge in [-0.3, -0.25) is 14.4 Å². The fourth-order valence-corrected chi connectivity index (χ4v) is 2.26. The van der Waals surface area contributed by atoms with Crippen LogP contribution in [0.2, 0.25) is 0 Å². The van der Waals surface area contributed by atoms with Crippen LogP contribution in [0.1, 0.15) is 41.0 Å². The molecule has 1 N–H and O–H groups in total. The lowest BCUT2D eigenvalue weighted by Gasteiger charge is -2.42. The van der Waals surface area contributed by atoms with Gasteiger partial charge < -0.3 is 19.3 Å². The van der Waals surface area contributed by atoms with E-state index in [9.17, 15) is 19.5 Å². The van der Waals surface area contributed by atoms with Crippen LogP contribution in [0.4, 0.5) is 0 Å². The first-order valence-corrected chi connectivity index (χ1v) is 6.72. The molecule has 0 saturated carbocycles. The Kier molecular flexibility index (Phi) is 7.35. The molecule has 0 spiro atoms. The van der Waals surface area contributed by atoms with Gasteiger partial charge >= 0.3 is 17.9 Å². The van der Waals surface area contributed by atoms with Gasteiger partial charge in [0.1, 0.15) is 17.8 Å². The number of carbonyl (C=O) groups is 3. The highest BCUT2D eigenvalue weighted by Crippen LogP contribution is 2.32. The number of carbonyl (C=O) groups excluding carboxylic acids is 2. The normalized spacial score (nSPS) is 18.0. The molecule has 0 aromatic rings. The first-order chi connectivity index (χ1) is 9.59. The summed E-state index contributed by atoms with van der Waals surface area (Å²) in [7, 11) is 1.36. The first kappa shape index (κ1) is 19.4. The highest BCUT2D eigenvalue weighted by molar-refractivity contribution is 5.72. The fourth-order valence-electron chi connectivity index (χ4n) is 2.26. The van der Waals surface area contributed by atoms with Crippen LogP contribution in [0.25, 0.3) is 0 Å². The predicted octanol–water partition coefficient (Wildman–Crippen LogP) is 1.39. The van der Waals surface area contributed by atoms with Crippen LogP contribution in [-0.2, 0) is 28.6 Å². The van der Waals surface area contributed by atoms with Gasteiger partial charge in [-0.1, -0.05) is 6.92 Å². The molecule has 0 rings (SSSR count). The van der Waals surface area contributed by atoms with Crippen molar-refractivity contribution in [3.63, 3.8) is 0 Å². The standard InChI is InChI=1S/C14H24O7/c1-7-11(20-9(3)15)14(5,19-6)12(21-10(4)16)8(2)13(17)18/h8,11-12H,7H2,1-6H3,(H,17,18). The zero-order valence-electron chi connectivity index (χ0n) is 13.3. The van der Waals surface area contributed by atoms with Crippen LogP contribution in [0.3, 0.4) is 0 Å². The summed E-state index contributed by atoms with van der Waals surface area (Å²) in [6.07, 6.45) is -1.46. The van der Waals surface area contributed by atoms with Crippen LogP contribution < -0.4 is 0 Å². The van der Waals surface area contributed by atoms with E-state index < -0.39 is 41.6 Å². The van der Waals surface area contributed by atoms with Gasteiger partial charge in [0.15, 0.2) is 0 Å². The van der Waals surface area contributed by atoms with Gasteiger partial charge in [-0.2, -0.15) is 0 Å². The quantitative estimate of drug-likeness (QED) is 0.676. The van der Waals surface area contributed by atoms with Gasteiger partial charge in [0, 0.05) is 21.0 Å². The van der Waals surface area contributed by atoms with E-state index in [1.807, 2.05) is 0 Å². The Morgan fingerprint density at radius 1 is 1.14 bits per heavy atom.